The van der Waals surface area contributed by atoms with Gasteiger partial charge in [0, 0.05) is 61.3 Å². The van der Waals surface area contributed by atoms with Gasteiger partial charge in [0.15, 0.2) is 5.79 Å². The molecule has 2 aliphatic rings. The van der Waals surface area contributed by atoms with Crippen molar-refractivity contribution < 1.29 is 18.7 Å². The van der Waals surface area contributed by atoms with Crippen molar-refractivity contribution in [2.45, 2.75) is 71.4 Å². The van der Waals surface area contributed by atoms with Crippen LogP contribution >= 0.6 is 0 Å². The second kappa shape index (κ2) is 13.9. The number of piperidine rings is 1. The zero-order valence-electron chi connectivity index (χ0n) is 26.1. The third kappa shape index (κ3) is 7.10. The molecule has 232 valence electrons. The zero-order chi connectivity index (χ0) is 31.3. The quantitative estimate of drug-likeness (QED) is 0.324. The third-order valence-corrected chi connectivity index (χ3v) is 9.06. The largest absolute Gasteiger partial charge is 0.364 e. The fourth-order valence-corrected chi connectivity index (χ4v) is 6.36. The van der Waals surface area contributed by atoms with Crippen molar-refractivity contribution in [2.24, 2.45) is 0 Å². The van der Waals surface area contributed by atoms with Crippen LogP contribution in [-0.2, 0) is 21.8 Å². The van der Waals surface area contributed by atoms with E-state index in [1.54, 1.807) is 12.3 Å². The Morgan fingerprint density at radius 3 is 2.52 bits per heavy atom. The van der Waals surface area contributed by atoms with Crippen molar-refractivity contribution in [3.8, 4) is 6.07 Å². The molecule has 0 aliphatic carbocycles. The highest BCUT2D eigenvalue weighted by molar-refractivity contribution is 5.96. The molecule has 9 heteroatoms. The summed E-state index contributed by atoms with van der Waals surface area (Å²) in [4.78, 5) is 21.8. The minimum Gasteiger partial charge on any atom is -0.364 e. The molecule has 2 aromatic carbocycles. The zero-order valence-corrected chi connectivity index (χ0v) is 26.1. The summed E-state index contributed by atoms with van der Waals surface area (Å²) >= 11 is 0. The Morgan fingerprint density at radius 1 is 1.16 bits per heavy atom. The molecule has 2 saturated heterocycles. The summed E-state index contributed by atoms with van der Waals surface area (Å²) in [6.07, 6.45) is 4.39. The molecular formula is C35H42FN5O3. The number of carbonyl (C=O) groups excluding carboxylic acids is 1. The van der Waals surface area contributed by atoms with Gasteiger partial charge in [-0.3, -0.25) is 9.78 Å². The molecule has 1 atom stereocenters. The second-order valence-electron chi connectivity index (χ2n) is 12.0. The molecule has 1 N–H and O–H groups in total. The monoisotopic (exact) mass is 599 g/mol. The van der Waals surface area contributed by atoms with Gasteiger partial charge in [0.2, 0.25) is 0 Å². The highest BCUT2D eigenvalue weighted by atomic mass is 19.1. The van der Waals surface area contributed by atoms with E-state index in [1.807, 2.05) is 39.0 Å². The third-order valence-electron chi connectivity index (χ3n) is 9.06. The van der Waals surface area contributed by atoms with Gasteiger partial charge in [-0.2, -0.15) is 5.26 Å². The van der Waals surface area contributed by atoms with Crippen LogP contribution in [0.3, 0.4) is 0 Å². The Morgan fingerprint density at radius 2 is 1.86 bits per heavy atom. The number of nitrogens with zero attached hydrogens (tertiary/aromatic N) is 4. The Hall–Kier alpha value is -3.84. The van der Waals surface area contributed by atoms with E-state index in [9.17, 15) is 14.4 Å². The van der Waals surface area contributed by atoms with Gasteiger partial charge >= 0.3 is 0 Å². The van der Waals surface area contributed by atoms with Gasteiger partial charge in [-0.1, -0.05) is 12.1 Å². The van der Waals surface area contributed by atoms with Crippen LogP contribution in [0.5, 0.6) is 0 Å². The first kappa shape index (κ1) is 31.6. The Bertz CT molecular complexity index is 1470. The van der Waals surface area contributed by atoms with Crippen LogP contribution in [0.15, 0.2) is 54.7 Å². The van der Waals surface area contributed by atoms with Gasteiger partial charge in [-0.15, -0.1) is 0 Å². The predicted molar refractivity (Wildman–Crippen MR) is 168 cm³/mol. The summed E-state index contributed by atoms with van der Waals surface area (Å²) in [6, 6.07) is 17.2. The number of rotatable bonds is 10. The molecule has 2 fully saturated rings. The predicted octanol–water partition coefficient (Wildman–Crippen LogP) is 5.61. The summed E-state index contributed by atoms with van der Waals surface area (Å²) in [5, 5.41) is 12.5. The van der Waals surface area contributed by atoms with Crippen LogP contribution in [0.25, 0.3) is 0 Å². The molecule has 0 radical (unpaired) electrons. The minimum absolute atomic E-state index is 0.0755. The van der Waals surface area contributed by atoms with Crippen molar-refractivity contribution in [1.82, 2.24) is 15.2 Å². The average molecular weight is 600 g/mol. The van der Waals surface area contributed by atoms with Crippen molar-refractivity contribution in [2.75, 3.05) is 37.7 Å². The van der Waals surface area contributed by atoms with Crippen LogP contribution in [0.2, 0.25) is 0 Å². The molecule has 1 unspecified atom stereocenters. The minimum atomic E-state index is -0.757. The number of halogens is 1. The lowest BCUT2D eigenvalue weighted by atomic mass is 9.98. The number of amides is 1. The summed E-state index contributed by atoms with van der Waals surface area (Å²) in [5.41, 5.74) is 5.22. The molecule has 0 saturated carbocycles. The maximum Gasteiger partial charge on any atom is 0.253 e. The first-order valence-corrected chi connectivity index (χ1v) is 15.5. The maximum atomic E-state index is 15.0. The van der Waals surface area contributed by atoms with Gasteiger partial charge in [0.25, 0.3) is 5.91 Å². The van der Waals surface area contributed by atoms with Crippen LogP contribution in [0.1, 0.15) is 71.4 Å². The van der Waals surface area contributed by atoms with Gasteiger partial charge in [0.05, 0.1) is 36.1 Å². The van der Waals surface area contributed by atoms with E-state index in [2.05, 4.69) is 45.2 Å². The molecule has 3 aromatic rings. The molecule has 1 amide bonds. The molecule has 8 nitrogen and oxygen atoms in total. The number of nitriles is 1. The number of aromatic nitrogens is 1. The number of carbonyl (C=O) groups is 1. The van der Waals surface area contributed by atoms with E-state index < -0.39 is 5.79 Å². The van der Waals surface area contributed by atoms with E-state index in [0.29, 0.717) is 49.0 Å². The number of nitrogens with one attached hydrogen (secondary N) is 1. The number of hydrogen-bond donors (Lipinski definition) is 1. The van der Waals surface area contributed by atoms with Gasteiger partial charge < -0.3 is 24.6 Å². The average Bonchev–Trinajstić information content (AvgIpc) is 3.48. The SMILES string of the molecule is Cc1ccnc(C)c1C(=O)NCCC(C)N1CCC(N(Cc2cc(C#N)ccc2F)c2ccc(C3(C)OCCO3)cc2)CC1. The van der Waals surface area contributed by atoms with Gasteiger partial charge in [-0.25, -0.2) is 4.39 Å². The van der Waals surface area contributed by atoms with Crippen molar-refractivity contribution in [3.63, 3.8) is 0 Å². The van der Waals surface area contributed by atoms with E-state index in [-0.39, 0.29) is 17.8 Å². The lowest BCUT2D eigenvalue weighted by molar-refractivity contribution is -0.149. The lowest BCUT2D eigenvalue weighted by Crippen LogP contribution is -2.48. The lowest BCUT2D eigenvalue weighted by Gasteiger charge is -2.42. The summed E-state index contributed by atoms with van der Waals surface area (Å²) < 4.78 is 26.6. The first-order valence-electron chi connectivity index (χ1n) is 15.5. The van der Waals surface area contributed by atoms with Gasteiger partial charge in [-0.05, 0) is 88.9 Å². The molecule has 44 heavy (non-hydrogen) atoms. The standard InChI is InChI=1S/C35H42FN5O3/c1-24-11-15-38-26(3)33(24)34(42)39-16-12-25(2)40-17-13-31(14-18-40)41(23-28-21-27(22-37)5-10-32(28)36)30-8-6-29(7-9-30)35(4)43-19-20-44-35/h5-11,15,21,25,31H,12-14,16-20,23H2,1-4H3,(H,39,42). The summed E-state index contributed by atoms with van der Waals surface area (Å²) in [7, 11) is 0. The molecule has 0 bridgehead atoms. The van der Waals surface area contributed by atoms with Crippen LogP contribution < -0.4 is 10.2 Å². The Kier molecular flexibility index (Phi) is 9.94. The van der Waals surface area contributed by atoms with Crippen LogP contribution in [-0.4, -0.2) is 60.7 Å². The number of benzene rings is 2. The fourth-order valence-electron chi connectivity index (χ4n) is 6.36. The first-order chi connectivity index (χ1) is 21.2. The topological polar surface area (TPSA) is 90.7 Å². The Balaban J connectivity index is 1.24. The number of ether oxygens (including phenoxy) is 2. The number of anilines is 1. The van der Waals surface area contributed by atoms with E-state index in [1.165, 1.54) is 12.1 Å². The van der Waals surface area contributed by atoms with Crippen molar-refractivity contribution >= 4 is 11.6 Å². The number of hydrogen-bond acceptors (Lipinski definition) is 7. The highest BCUT2D eigenvalue weighted by Gasteiger charge is 2.34. The van der Waals surface area contributed by atoms with Crippen molar-refractivity contribution in [3.05, 3.63) is 94.1 Å². The van der Waals surface area contributed by atoms with Crippen molar-refractivity contribution in [1.29, 1.82) is 5.26 Å². The van der Waals surface area contributed by atoms with E-state index in [0.717, 1.165) is 54.9 Å². The highest BCUT2D eigenvalue weighted by Crippen LogP contribution is 2.34. The fraction of sp³-hybridized carbons (Fsp3) is 0.457. The molecule has 3 heterocycles. The van der Waals surface area contributed by atoms with Crippen LogP contribution in [0.4, 0.5) is 10.1 Å². The summed E-state index contributed by atoms with van der Waals surface area (Å²) in [6.45, 7) is 11.8. The molecule has 0 spiro atoms. The smallest absolute Gasteiger partial charge is 0.253 e. The van der Waals surface area contributed by atoms with E-state index in [4.69, 9.17) is 9.47 Å². The molecule has 1 aromatic heterocycles. The molecular weight excluding hydrogens is 557 g/mol. The number of aryl methyl sites for hydroxylation is 2. The van der Waals surface area contributed by atoms with Crippen LogP contribution in [0, 0.1) is 31.0 Å². The summed E-state index contributed by atoms with van der Waals surface area (Å²) in [5.74, 6) is -1.14. The van der Waals surface area contributed by atoms with Gasteiger partial charge in [0.1, 0.15) is 5.82 Å². The molecule has 5 rings (SSSR count). The second-order valence-corrected chi connectivity index (χ2v) is 12.0. The Labute approximate surface area is 259 Å². The van der Waals surface area contributed by atoms with E-state index >= 15 is 0 Å². The number of likely N-dealkylation sites (tertiary alicyclic amines) is 1. The number of pyridine rings is 1. The maximum absolute atomic E-state index is 15.0. The molecule has 2 aliphatic heterocycles. The normalized spacial score (nSPS) is 17.6.